The summed E-state index contributed by atoms with van der Waals surface area (Å²) in [4.78, 5) is 11.0. The number of ether oxygens (including phenoxy) is 2. The van der Waals surface area contributed by atoms with Gasteiger partial charge in [-0.1, -0.05) is 77.6 Å². The van der Waals surface area contributed by atoms with Crippen LogP contribution >= 0.6 is 0 Å². The fraction of sp³-hybridized carbons (Fsp3) is 0.950. The zero-order valence-corrected chi connectivity index (χ0v) is 15.9. The lowest BCUT2D eigenvalue weighted by atomic mass is 10.0. The maximum Gasteiger partial charge on any atom is 0.305 e. The summed E-state index contributed by atoms with van der Waals surface area (Å²) in [5.74, 6) is -0.0809. The largest absolute Gasteiger partial charge is 0.469 e. The van der Waals surface area contributed by atoms with Crippen molar-refractivity contribution in [3.63, 3.8) is 0 Å². The van der Waals surface area contributed by atoms with E-state index in [0.717, 1.165) is 12.8 Å². The van der Waals surface area contributed by atoms with Crippen molar-refractivity contribution in [1.82, 2.24) is 0 Å². The van der Waals surface area contributed by atoms with Gasteiger partial charge in [-0.05, 0) is 19.3 Å². The molecule has 0 N–H and O–H groups in total. The fourth-order valence-electron chi connectivity index (χ4n) is 2.98. The van der Waals surface area contributed by atoms with Crippen LogP contribution in [0.5, 0.6) is 0 Å². The maximum absolute atomic E-state index is 11.0. The van der Waals surface area contributed by atoms with Crippen LogP contribution in [0.15, 0.2) is 0 Å². The zero-order chi connectivity index (χ0) is 17.2. The van der Waals surface area contributed by atoms with E-state index in [1.54, 1.807) is 0 Å². The van der Waals surface area contributed by atoms with E-state index < -0.39 is 0 Å². The van der Waals surface area contributed by atoms with Gasteiger partial charge in [0.1, 0.15) is 0 Å². The minimum Gasteiger partial charge on any atom is -0.469 e. The molecule has 3 heteroatoms. The smallest absolute Gasteiger partial charge is 0.305 e. The highest BCUT2D eigenvalue weighted by atomic mass is 16.5. The van der Waals surface area contributed by atoms with Crippen molar-refractivity contribution in [2.24, 2.45) is 0 Å². The van der Waals surface area contributed by atoms with Gasteiger partial charge in [0.25, 0.3) is 0 Å². The molecule has 0 fully saturated rings. The van der Waals surface area contributed by atoms with Crippen LogP contribution in [0.3, 0.4) is 0 Å². The number of carbonyl (C=O) groups is 1. The van der Waals surface area contributed by atoms with Crippen molar-refractivity contribution in [3.8, 4) is 0 Å². The van der Waals surface area contributed by atoms with Crippen molar-refractivity contribution in [1.29, 1.82) is 0 Å². The summed E-state index contributed by atoms with van der Waals surface area (Å²) in [6, 6.07) is 0. The number of hydrogen-bond acceptors (Lipinski definition) is 3. The first-order valence-corrected chi connectivity index (χ1v) is 9.84. The maximum atomic E-state index is 11.0. The molecule has 0 radical (unpaired) electrons. The second-order valence-electron chi connectivity index (χ2n) is 6.65. The van der Waals surface area contributed by atoms with Crippen molar-refractivity contribution in [3.05, 3.63) is 0 Å². The molecule has 0 aliphatic heterocycles. The quantitative estimate of drug-likeness (QED) is 0.241. The van der Waals surface area contributed by atoms with E-state index in [1.165, 1.54) is 84.2 Å². The Balaban J connectivity index is 3.34. The molecule has 0 aromatic carbocycles. The molecule has 0 aliphatic rings. The van der Waals surface area contributed by atoms with Gasteiger partial charge in [0, 0.05) is 13.5 Å². The van der Waals surface area contributed by atoms with E-state index in [0.29, 0.717) is 12.5 Å². The minimum atomic E-state index is -0.0809. The van der Waals surface area contributed by atoms with Crippen LogP contribution in [0, 0.1) is 0 Å². The van der Waals surface area contributed by atoms with E-state index in [2.05, 4.69) is 11.7 Å². The molecule has 0 heterocycles. The van der Waals surface area contributed by atoms with Gasteiger partial charge >= 0.3 is 5.97 Å². The molecule has 0 bridgehead atoms. The molecule has 0 aromatic rings. The lowest BCUT2D eigenvalue weighted by molar-refractivity contribution is -0.140. The number of esters is 1. The molecule has 0 saturated carbocycles. The van der Waals surface area contributed by atoms with Crippen LogP contribution in [-0.2, 0) is 14.3 Å². The molecule has 0 spiro atoms. The van der Waals surface area contributed by atoms with Crippen molar-refractivity contribution < 1.29 is 14.3 Å². The van der Waals surface area contributed by atoms with Gasteiger partial charge < -0.3 is 9.47 Å². The monoisotopic (exact) mass is 328 g/mol. The summed E-state index contributed by atoms with van der Waals surface area (Å²) < 4.78 is 10.3. The Morgan fingerprint density at radius 3 is 1.70 bits per heavy atom. The topological polar surface area (TPSA) is 35.5 Å². The van der Waals surface area contributed by atoms with Crippen LogP contribution in [0.2, 0.25) is 0 Å². The minimum absolute atomic E-state index is 0.0809. The summed E-state index contributed by atoms with van der Waals surface area (Å²) in [6.45, 7) is 2.26. The lowest BCUT2D eigenvalue weighted by Gasteiger charge is -2.15. The fourth-order valence-corrected chi connectivity index (χ4v) is 2.98. The van der Waals surface area contributed by atoms with Gasteiger partial charge in [0.05, 0.1) is 13.2 Å². The first-order chi connectivity index (χ1) is 11.2. The predicted molar refractivity (Wildman–Crippen MR) is 97.7 cm³/mol. The highest BCUT2D eigenvalue weighted by Gasteiger charge is 2.06. The first kappa shape index (κ1) is 22.4. The summed E-state index contributed by atoms with van der Waals surface area (Å²) in [5.41, 5.74) is 0. The molecular weight excluding hydrogens is 288 g/mol. The summed E-state index contributed by atoms with van der Waals surface area (Å²) in [7, 11) is 3.31. The van der Waals surface area contributed by atoms with Gasteiger partial charge in [-0.2, -0.15) is 0 Å². The van der Waals surface area contributed by atoms with Crippen LogP contribution in [0.1, 0.15) is 103 Å². The first-order valence-electron chi connectivity index (χ1n) is 9.84. The van der Waals surface area contributed by atoms with Crippen molar-refractivity contribution in [2.75, 3.05) is 14.2 Å². The van der Waals surface area contributed by atoms with Gasteiger partial charge in [0.2, 0.25) is 0 Å². The molecule has 0 aromatic heterocycles. The third-order valence-corrected chi connectivity index (χ3v) is 4.60. The Kier molecular flexibility index (Phi) is 17.3. The second kappa shape index (κ2) is 17.8. The molecule has 138 valence electrons. The standard InChI is InChI=1S/C20H40O3/c1-4-5-6-7-10-13-16-19(22-2)17-14-11-8-9-12-15-18-20(21)23-3/h19H,4-18H2,1-3H3. The summed E-state index contributed by atoms with van der Waals surface area (Å²) >= 11 is 0. The van der Waals surface area contributed by atoms with E-state index in [-0.39, 0.29) is 5.97 Å². The lowest BCUT2D eigenvalue weighted by Crippen LogP contribution is -2.10. The van der Waals surface area contributed by atoms with Crippen LogP contribution in [0.25, 0.3) is 0 Å². The van der Waals surface area contributed by atoms with Crippen molar-refractivity contribution >= 4 is 5.97 Å². The number of carbonyl (C=O) groups excluding carboxylic acids is 1. The Morgan fingerprint density at radius 2 is 1.22 bits per heavy atom. The number of methoxy groups -OCH3 is 2. The van der Waals surface area contributed by atoms with Crippen LogP contribution in [-0.4, -0.2) is 26.3 Å². The molecular formula is C20H40O3. The SMILES string of the molecule is CCCCCCCCC(CCCCCCCCC(=O)OC)OC. The third kappa shape index (κ3) is 16.1. The van der Waals surface area contributed by atoms with E-state index in [1.807, 2.05) is 7.11 Å². The molecule has 0 amide bonds. The Morgan fingerprint density at radius 1 is 0.739 bits per heavy atom. The zero-order valence-electron chi connectivity index (χ0n) is 15.9. The van der Waals surface area contributed by atoms with E-state index in [4.69, 9.17) is 4.74 Å². The Hall–Kier alpha value is -0.570. The summed E-state index contributed by atoms with van der Waals surface area (Å²) in [5, 5.41) is 0. The molecule has 1 unspecified atom stereocenters. The predicted octanol–water partition coefficient (Wildman–Crippen LogP) is 6.05. The average Bonchev–Trinajstić information content (AvgIpc) is 2.57. The molecule has 1 atom stereocenters. The molecule has 0 aliphatic carbocycles. The number of hydrogen-bond donors (Lipinski definition) is 0. The van der Waals surface area contributed by atoms with Gasteiger partial charge in [0.15, 0.2) is 0 Å². The Labute approximate surface area is 144 Å². The van der Waals surface area contributed by atoms with Gasteiger partial charge in [-0.25, -0.2) is 0 Å². The van der Waals surface area contributed by atoms with Gasteiger partial charge in [-0.3, -0.25) is 4.79 Å². The van der Waals surface area contributed by atoms with E-state index in [9.17, 15) is 4.79 Å². The average molecular weight is 329 g/mol. The molecule has 0 rings (SSSR count). The van der Waals surface area contributed by atoms with Gasteiger partial charge in [-0.15, -0.1) is 0 Å². The number of rotatable bonds is 17. The molecule has 0 saturated heterocycles. The second-order valence-corrected chi connectivity index (χ2v) is 6.65. The van der Waals surface area contributed by atoms with Crippen LogP contribution < -0.4 is 0 Å². The highest BCUT2D eigenvalue weighted by Crippen LogP contribution is 2.16. The molecule has 23 heavy (non-hydrogen) atoms. The third-order valence-electron chi connectivity index (χ3n) is 4.60. The van der Waals surface area contributed by atoms with E-state index >= 15 is 0 Å². The Bertz CT molecular complexity index is 253. The van der Waals surface area contributed by atoms with Crippen molar-refractivity contribution in [2.45, 2.75) is 109 Å². The highest BCUT2D eigenvalue weighted by molar-refractivity contribution is 5.68. The summed E-state index contributed by atoms with van der Waals surface area (Å²) in [6.07, 6.45) is 18.8. The van der Waals surface area contributed by atoms with Crippen LogP contribution in [0.4, 0.5) is 0 Å². The molecule has 3 nitrogen and oxygen atoms in total. The normalized spacial score (nSPS) is 12.3. The number of unbranched alkanes of at least 4 members (excludes halogenated alkanes) is 10.